The van der Waals surface area contributed by atoms with Gasteiger partial charge in [0.15, 0.2) is 5.96 Å². The van der Waals surface area contributed by atoms with Crippen LogP contribution in [0.15, 0.2) is 35.3 Å². The third-order valence-electron chi connectivity index (χ3n) is 6.91. The van der Waals surface area contributed by atoms with Gasteiger partial charge in [-0.15, -0.1) is 24.0 Å². The van der Waals surface area contributed by atoms with Gasteiger partial charge in [-0.1, -0.05) is 37.3 Å². The third-order valence-corrected chi connectivity index (χ3v) is 6.91. The van der Waals surface area contributed by atoms with E-state index >= 15 is 0 Å². The minimum absolute atomic E-state index is 0. The molecule has 2 aliphatic rings. The molecule has 7 heteroatoms. The molecule has 1 aromatic rings. The second-order valence-corrected chi connectivity index (χ2v) is 9.15. The van der Waals surface area contributed by atoms with Gasteiger partial charge in [-0.3, -0.25) is 9.89 Å². The second kappa shape index (κ2) is 15.1. The molecule has 2 aliphatic heterocycles. The first-order valence-corrected chi connectivity index (χ1v) is 12.4. The van der Waals surface area contributed by atoms with Crippen molar-refractivity contribution < 1.29 is 0 Å². The Hall–Kier alpha value is -0.900. The van der Waals surface area contributed by atoms with Crippen LogP contribution in [0.3, 0.4) is 0 Å². The van der Waals surface area contributed by atoms with Crippen LogP contribution in [0.25, 0.3) is 0 Å². The molecule has 2 fully saturated rings. The highest BCUT2D eigenvalue weighted by molar-refractivity contribution is 14.0. The molecule has 0 aromatic heterocycles. The molecule has 0 amide bonds. The van der Waals surface area contributed by atoms with E-state index in [2.05, 4.69) is 74.5 Å². The number of nitrogens with zero attached hydrogens (tertiary/aromatic N) is 4. The lowest BCUT2D eigenvalue weighted by molar-refractivity contribution is 0.134. The van der Waals surface area contributed by atoms with E-state index in [1.165, 1.54) is 64.1 Å². The Balaban J connectivity index is 0.00000363. The lowest BCUT2D eigenvalue weighted by Gasteiger charge is -2.38. The monoisotopic (exact) mass is 556 g/mol. The van der Waals surface area contributed by atoms with Gasteiger partial charge in [0.2, 0.25) is 0 Å². The van der Waals surface area contributed by atoms with Gasteiger partial charge in [0.05, 0.1) is 0 Å². The smallest absolute Gasteiger partial charge is 0.191 e. The van der Waals surface area contributed by atoms with Crippen molar-refractivity contribution in [2.24, 2.45) is 4.99 Å². The van der Waals surface area contributed by atoms with Gasteiger partial charge in [0.25, 0.3) is 0 Å². The van der Waals surface area contributed by atoms with E-state index in [1.807, 2.05) is 7.05 Å². The number of likely N-dealkylation sites (N-methyl/N-ethyl adjacent to an activating group) is 1. The summed E-state index contributed by atoms with van der Waals surface area (Å²) in [6.07, 6.45) is 4.78. The van der Waals surface area contributed by atoms with Crippen LogP contribution in [-0.4, -0.2) is 92.1 Å². The maximum absolute atomic E-state index is 4.46. The van der Waals surface area contributed by atoms with Crippen molar-refractivity contribution in [2.75, 3.05) is 59.4 Å². The summed E-state index contributed by atoms with van der Waals surface area (Å²) < 4.78 is 0. The molecular weight excluding hydrogens is 511 g/mol. The summed E-state index contributed by atoms with van der Waals surface area (Å²) in [6, 6.07) is 11.9. The Kier molecular flexibility index (Phi) is 12.9. The molecule has 0 radical (unpaired) electrons. The molecule has 6 nitrogen and oxygen atoms in total. The first-order chi connectivity index (χ1) is 15.2. The average Bonchev–Trinajstić information content (AvgIpc) is 2.81. The number of likely N-dealkylation sites (tertiary alicyclic amines) is 1. The Morgan fingerprint density at radius 2 is 1.75 bits per heavy atom. The van der Waals surface area contributed by atoms with Crippen LogP contribution >= 0.6 is 24.0 Å². The highest BCUT2D eigenvalue weighted by atomic mass is 127. The fraction of sp³-hybridized carbons (Fsp3) is 0.720. The molecule has 2 atom stereocenters. The average molecular weight is 557 g/mol. The van der Waals surface area contributed by atoms with E-state index < -0.39 is 0 Å². The van der Waals surface area contributed by atoms with Crippen molar-refractivity contribution in [1.29, 1.82) is 0 Å². The zero-order valence-corrected chi connectivity index (χ0v) is 22.8. The lowest BCUT2D eigenvalue weighted by atomic mass is 9.97. The summed E-state index contributed by atoms with van der Waals surface area (Å²) in [5, 5.41) is 7.20. The predicted octanol–water partition coefficient (Wildman–Crippen LogP) is 3.24. The van der Waals surface area contributed by atoms with Crippen LogP contribution in [0.4, 0.5) is 0 Å². The number of rotatable bonds is 9. The van der Waals surface area contributed by atoms with Gasteiger partial charge in [-0.05, 0) is 51.3 Å². The Morgan fingerprint density at radius 3 is 2.41 bits per heavy atom. The summed E-state index contributed by atoms with van der Waals surface area (Å²) in [7, 11) is 1.89. The Labute approximate surface area is 213 Å². The molecule has 0 bridgehead atoms. The number of hydrogen-bond acceptors (Lipinski definition) is 4. The number of piperidine rings is 1. The largest absolute Gasteiger partial charge is 0.356 e. The Morgan fingerprint density at radius 1 is 1.03 bits per heavy atom. The van der Waals surface area contributed by atoms with Crippen LogP contribution in [0, 0.1) is 0 Å². The van der Waals surface area contributed by atoms with Crippen molar-refractivity contribution >= 4 is 29.9 Å². The molecule has 32 heavy (non-hydrogen) atoms. The standard InChI is InChI=1S/C25H44N6.HI/c1-4-29-16-18-30(19-17-29)14-9-8-13-27-25(26-3)28-24-12-15-31(22(2)20-24)21-23-10-6-5-7-11-23;/h5-7,10-11,22,24H,4,8-9,12-21H2,1-3H3,(H2,26,27,28);1H. The third kappa shape index (κ3) is 9.15. The number of unbranched alkanes of at least 4 members (excludes halogenated alkanes) is 1. The van der Waals surface area contributed by atoms with Crippen LogP contribution < -0.4 is 10.6 Å². The van der Waals surface area contributed by atoms with Crippen molar-refractivity contribution in [3.05, 3.63) is 35.9 Å². The van der Waals surface area contributed by atoms with Crippen molar-refractivity contribution in [2.45, 2.75) is 58.2 Å². The number of hydrogen-bond donors (Lipinski definition) is 2. The van der Waals surface area contributed by atoms with Crippen LogP contribution in [0.5, 0.6) is 0 Å². The van der Waals surface area contributed by atoms with E-state index in [0.717, 1.165) is 32.0 Å². The highest BCUT2D eigenvalue weighted by Crippen LogP contribution is 2.19. The molecule has 2 unspecified atom stereocenters. The highest BCUT2D eigenvalue weighted by Gasteiger charge is 2.26. The van der Waals surface area contributed by atoms with Gasteiger partial charge in [-0.2, -0.15) is 0 Å². The molecule has 0 saturated carbocycles. The summed E-state index contributed by atoms with van der Waals surface area (Å²) >= 11 is 0. The summed E-state index contributed by atoms with van der Waals surface area (Å²) in [6.45, 7) is 15.1. The molecule has 0 spiro atoms. The number of aliphatic imine (C=N–C) groups is 1. The molecule has 2 heterocycles. The molecular formula is C25H45IN6. The molecule has 1 aromatic carbocycles. The van der Waals surface area contributed by atoms with E-state index in [9.17, 15) is 0 Å². The topological polar surface area (TPSA) is 46.1 Å². The van der Waals surface area contributed by atoms with Gasteiger partial charge < -0.3 is 20.4 Å². The zero-order chi connectivity index (χ0) is 21.9. The first kappa shape index (κ1) is 27.3. The molecule has 2 N–H and O–H groups in total. The van der Waals surface area contributed by atoms with E-state index in [-0.39, 0.29) is 24.0 Å². The van der Waals surface area contributed by atoms with Gasteiger partial charge in [0, 0.05) is 64.9 Å². The maximum Gasteiger partial charge on any atom is 0.191 e. The van der Waals surface area contributed by atoms with E-state index in [4.69, 9.17) is 0 Å². The fourth-order valence-electron chi connectivity index (χ4n) is 4.79. The van der Waals surface area contributed by atoms with Crippen molar-refractivity contribution in [3.8, 4) is 0 Å². The minimum atomic E-state index is 0. The maximum atomic E-state index is 4.46. The molecule has 0 aliphatic carbocycles. The van der Waals surface area contributed by atoms with Crippen molar-refractivity contribution in [1.82, 2.24) is 25.3 Å². The van der Waals surface area contributed by atoms with Gasteiger partial charge in [0.1, 0.15) is 0 Å². The molecule has 3 rings (SSSR count). The number of nitrogens with one attached hydrogen (secondary N) is 2. The number of piperazine rings is 1. The summed E-state index contributed by atoms with van der Waals surface area (Å²) in [5.41, 5.74) is 1.41. The zero-order valence-electron chi connectivity index (χ0n) is 20.4. The number of guanidine groups is 1. The van der Waals surface area contributed by atoms with Crippen molar-refractivity contribution in [3.63, 3.8) is 0 Å². The predicted molar refractivity (Wildman–Crippen MR) is 147 cm³/mol. The number of halogens is 1. The lowest BCUT2D eigenvalue weighted by Crippen LogP contribution is -2.51. The molecule has 182 valence electrons. The number of benzene rings is 1. The minimum Gasteiger partial charge on any atom is -0.356 e. The quantitative estimate of drug-likeness (QED) is 0.212. The SMILES string of the molecule is CCN1CCN(CCCCNC(=NC)NC2CCN(Cc3ccccc3)C(C)C2)CC1.I. The Bertz CT molecular complexity index is 647. The molecule has 2 saturated heterocycles. The first-order valence-electron chi connectivity index (χ1n) is 12.4. The summed E-state index contributed by atoms with van der Waals surface area (Å²) in [5.74, 6) is 0.963. The normalized spacial score (nSPS) is 23.5. The van der Waals surface area contributed by atoms with Crippen LogP contribution in [0.2, 0.25) is 0 Å². The van der Waals surface area contributed by atoms with Gasteiger partial charge >= 0.3 is 0 Å². The summed E-state index contributed by atoms with van der Waals surface area (Å²) in [4.78, 5) is 12.2. The van der Waals surface area contributed by atoms with Crippen LogP contribution in [-0.2, 0) is 6.54 Å². The van der Waals surface area contributed by atoms with E-state index in [1.54, 1.807) is 0 Å². The fourth-order valence-corrected chi connectivity index (χ4v) is 4.79. The van der Waals surface area contributed by atoms with Crippen LogP contribution in [0.1, 0.15) is 45.1 Å². The van der Waals surface area contributed by atoms with E-state index in [0.29, 0.717) is 12.1 Å². The second-order valence-electron chi connectivity index (χ2n) is 9.15. The van der Waals surface area contributed by atoms with Gasteiger partial charge in [-0.25, -0.2) is 0 Å².